The molecule has 0 aliphatic carbocycles. The number of halogens is 1. The molecule has 3 nitrogen and oxygen atoms in total. The number of aromatic nitrogens is 2. The Balaban J connectivity index is 2.56. The third-order valence-corrected chi connectivity index (χ3v) is 2.24. The van der Waals surface area contributed by atoms with E-state index in [-0.39, 0.29) is 6.10 Å². The Labute approximate surface area is 74.2 Å². The van der Waals surface area contributed by atoms with E-state index in [9.17, 15) is 5.11 Å². The van der Waals surface area contributed by atoms with Gasteiger partial charge in [-0.25, -0.2) is 0 Å². The minimum atomic E-state index is -0.353. The van der Waals surface area contributed by atoms with E-state index in [4.69, 9.17) is 0 Å². The van der Waals surface area contributed by atoms with Crippen molar-refractivity contribution in [3.63, 3.8) is 0 Å². The molecular weight excluding hydrogens is 208 g/mol. The molecule has 1 atom stereocenters. The van der Waals surface area contributed by atoms with E-state index in [0.717, 1.165) is 5.69 Å². The molecule has 0 fully saturated rings. The van der Waals surface area contributed by atoms with Crippen LogP contribution in [0.15, 0.2) is 12.3 Å². The van der Waals surface area contributed by atoms with E-state index in [0.29, 0.717) is 11.9 Å². The van der Waals surface area contributed by atoms with Crippen LogP contribution >= 0.6 is 15.9 Å². The predicted octanol–water partition coefficient (Wildman–Crippen LogP) is 0.947. The van der Waals surface area contributed by atoms with Crippen molar-refractivity contribution >= 4 is 15.9 Å². The van der Waals surface area contributed by atoms with Crippen molar-refractivity contribution in [2.45, 2.75) is 19.6 Å². The van der Waals surface area contributed by atoms with Crippen LogP contribution in [-0.4, -0.2) is 26.3 Å². The maximum atomic E-state index is 9.25. The van der Waals surface area contributed by atoms with Crippen molar-refractivity contribution in [3.05, 3.63) is 18.0 Å². The zero-order chi connectivity index (χ0) is 8.27. The lowest BCUT2D eigenvalue weighted by Gasteiger charge is -2.07. The predicted molar refractivity (Wildman–Crippen MR) is 46.8 cm³/mol. The van der Waals surface area contributed by atoms with Crippen LogP contribution in [0.4, 0.5) is 0 Å². The fourth-order valence-corrected chi connectivity index (χ4v) is 1.04. The molecule has 1 unspecified atom stereocenters. The Morgan fingerprint density at radius 2 is 2.55 bits per heavy atom. The summed E-state index contributed by atoms with van der Waals surface area (Å²) in [6.45, 7) is 2.53. The highest BCUT2D eigenvalue weighted by Crippen LogP contribution is 1.99. The smallest absolute Gasteiger partial charge is 0.0832 e. The van der Waals surface area contributed by atoms with Crippen LogP contribution in [0.3, 0.4) is 0 Å². The number of aryl methyl sites for hydroxylation is 1. The SMILES string of the molecule is Cc1ccnn1CC(O)CBr. The molecule has 0 amide bonds. The van der Waals surface area contributed by atoms with Crippen molar-refractivity contribution in [3.8, 4) is 0 Å². The van der Waals surface area contributed by atoms with Crippen LogP contribution in [0.25, 0.3) is 0 Å². The number of hydrogen-bond donors (Lipinski definition) is 1. The lowest BCUT2D eigenvalue weighted by Crippen LogP contribution is -2.18. The molecule has 1 N–H and O–H groups in total. The fourth-order valence-electron chi connectivity index (χ4n) is 0.838. The largest absolute Gasteiger partial charge is 0.390 e. The van der Waals surface area contributed by atoms with Crippen molar-refractivity contribution in [2.75, 3.05) is 5.33 Å². The second-order valence-corrected chi connectivity index (χ2v) is 3.11. The van der Waals surface area contributed by atoms with Gasteiger partial charge in [-0.15, -0.1) is 0 Å². The Kier molecular flexibility index (Phi) is 3.08. The molecule has 0 spiro atoms. The maximum Gasteiger partial charge on any atom is 0.0832 e. The zero-order valence-corrected chi connectivity index (χ0v) is 7.95. The highest BCUT2D eigenvalue weighted by Gasteiger charge is 2.04. The Morgan fingerprint density at radius 3 is 3.00 bits per heavy atom. The molecule has 1 aromatic rings. The van der Waals surface area contributed by atoms with Gasteiger partial charge < -0.3 is 5.11 Å². The van der Waals surface area contributed by atoms with Gasteiger partial charge in [-0.05, 0) is 13.0 Å². The summed E-state index contributed by atoms with van der Waals surface area (Å²) in [5.74, 6) is 0. The Hall–Kier alpha value is -0.350. The van der Waals surface area contributed by atoms with Crippen molar-refractivity contribution in [2.24, 2.45) is 0 Å². The lowest BCUT2D eigenvalue weighted by molar-refractivity contribution is 0.173. The molecule has 0 saturated heterocycles. The van der Waals surface area contributed by atoms with E-state index in [2.05, 4.69) is 21.0 Å². The summed E-state index contributed by atoms with van der Waals surface area (Å²) in [4.78, 5) is 0. The molecule has 0 bridgehead atoms. The maximum absolute atomic E-state index is 9.25. The molecule has 1 rings (SSSR count). The van der Waals surface area contributed by atoms with E-state index in [1.807, 2.05) is 13.0 Å². The molecule has 0 radical (unpaired) electrons. The molecule has 1 aromatic heterocycles. The van der Waals surface area contributed by atoms with Crippen LogP contribution in [0.5, 0.6) is 0 Å². The summed E-state index contributed by atoms with van der Waals surface area (Å²) in [6.07, 6.45) is 1.38. The minimum Gasteiger partial charge on any atom is -0.390 e. The monoisotopic (exact) mass is 218 g/mol. The molecule has 62 valence electrons. The molecular formula is C7H11BrN2O. The molecule has 4 heteroatoms. The number of nitrogens with zero attached hydrogens (tertiary/aromatic N) is 2. The van der Waals surface area contributed by atoms with Crippen LogP contribution in [-0.2, 0) is 6.54 Å². The average Bonchev–Trinajstić information content (AvgIpc) is 2.37. The topological polar surface area (TPSA) is 38.0 Å². The number of rotatable bonds is 3. The van der Waals surface area contributed by atoms with Crippen LogP contribution < -0.4 is 0 Å². The average molecular weight is 219 g/mol. The van der Waals surface area contributed by atoms with Crippen LogP contribution in [0, 0.1) is 6.92 Å². The van der Waals surface area contributed by atoms with Gasteiger partial charge in [-0.3, -0.25) is 4.68 Å². The lowest BCUT2D eigenvalue weighted by atomic mass is 10.4. The van der Waals surface area contributed by atoms with Gasteiger partial charge in [0.25, 0.3) is 0 Å². The first-order chi connectivity index (χ1) is 5.24. The quantitative estimate of drug-likeness (QED) is 0.768. The number of aliphatic hydroxyl groups is 1. The van der Waals surface area contributed by atoms with E-state index in [1.165, 1.54) is 0 Å². The van der Waals surface area contributed by atoms with Gasteiger partial charge in [-0.2, -0.15) is 5.10 Å². The number of hydrogen-bond acceptors (Lipinski definition) is 2. The van der Waals surface area contributed by atoms with Gasteiger partial charge in [0, 0.05) is 17.2 Å². The molecule has 11 heavy (non-hydrogen) atoms. The zero-order valence-electron chi connectivity index (χ0n) is 6.37. The van der Waals surface area contributed by atoms with Gasteiger partial charge in [-0.1, -0.05) is 15.9 Å². The van der Waals surface area contributed by atoms with Crippen LogP contribution in [0.2, 0.25) is 0 Å². The fraction of sp³-hybridized carbons (Fsp3) is 0.571. The summed E-state index contributed by atoms with van der Waals surface area (Å²) in [7, 11) is 0. The molecule has 0 saturated carbocycles. The normalized spacial score (nSPS) is 13.4. The van der Waals surface area contributed by atoms with Gasteiger partial charge in [0.1, 0.15) is 0 Å². The van der Waals surface area contributed by atoms with Crippen LogP contribution in [0.1, 0.15) is 5.69 Å². The van der Waals surface area contributed by atoms with E-state index >= 15 is 0 Å². The van der Waals surface area contributed by atoms with Gasteiger partial charge in [0.2, 0.25) is 0 Å². The van der Waals surface area contributed by atoms with Crippen molar-refractivity contribution in [1.29, 1.82) is 0 Å². The molecule has 0 aromatic carbocycles. The van der Waals surface area contributed by atoms with E-state index < -0.39 is 0 Å². The van der Waals surface area contributed by atoms with Crippen molar-refractivity contribution in [1.82, 2.24) is 9.78 Å². The summed E-state index contributed by atoms with van der Waals surface area (Å²) < 4.78 is 1.78. The first kappa shape index (κ1) is 8.74. The standard InChI is InChI=1S/C7H11BrN2O/c1-6-2-3-9-10(6)5-7(11)4-8/h2-3,7,11H,4-5H2,1H3. The first-order valence-electron chi connectivity index (χ1n) is 3.46. The third kappa shape index (κ3) is 2.31. The van der Waals surface area contributed by atoms with Gasteiger partial charge in [0.05, 0.1) is 12.6 Å². The Bertz CT molecular complexity index is 224. The summed E-state index contributed by atoms with van der Waals surface area (Å²) in [5.41, 5.74) is 1.07. The summed E-state index contributed by atoms with van der Waals surface area (Å²) >= 11 is 3.19. The molecule has 0 aliphatic rings. The third-order valence-electron chi connectivity index (χ3n) is 1.49. The highest BCUT2D eigenvalue weighted by atomic mass is 79.9. The van der Waals surface area contributed by atoms with Crippen molar-refractivity contribution < 1.29 is 5.11 Å². The number of alkyl halides is 1. The van der Waals surface area contributed by atoms with E-state index in [1.54, 1.807) is 10.9 Å². The molecule has 1 heterocycles. The minimum absolute atomic E-state index is 0.353. The second-order valence-electron chi connectivity index (χ2n) is 2.46. The first-order valence-corrected chi connectivity index (χ1v) is 4.58. The summed E-state index contributed by atoms with van der Waals surface area (Å²) in [5, 5.41) is 13.9. The number of aliphatic hydroxyl groups excluding tert-OH is 1. The van der Waals surface area contributed by atoms with Gasteiger partial charge in [0.15, 0.2) is 0 Å². The molecule has 0 aliphatic heterocycles. The highest BCUT2D eigenvalue weighted by molar-refractivity contribution is 9.09. The second kappa shape index (κ2) is 3.88. The Morgan fingerprint density at radius 1 is 1.82 bits per heavy atom. The van der Waals surface area contributed by atoms with Gasteiger partial charge >= 0.3 is 0 Å². The summed E-state index contributed by atoms with van der Waals surface area (Å²) in [6, 6.07) is 1.92.